The summed E-state index contributed by atoms with van der Waals surface area (Å²) < 4.78 is 10.3. The van der Waals surface area contributed by atoms with Crippen molar-refractivity contribution in [1.29, 1.82) is 0 Å². The van der Waals surface area contributed by atoms with Gasteiger partial charge in [-0.1, -0.05) is 25.1 Å². The van der Waals surface area contributed by atoms with Gasteiger partial charge in [0.15, 0.2) is 0 Å². The van der Waals surface area contributed by atoms with Gasteiger partial charge in [0.05, 0.1) is 0 Å². The first kappa shape index (κ1) is 17.0. The Morgan fingerprint density at radius 3 is 2.12 bits per heavy atom. The minimum atomic E-state index is -0.326. The highest BCUT2D eigenvalue weighted by Crippen LogP contribution is 2.41. The lowest BCUT2D eigenvalue weighted by Crippen LogP contribution is -2.01. The number of ether oxygens (including phenoxy) is 2. The second-order valence-corrected chi connectivity index (χ2v) is 6.02. The summed E-state index contributed by atoms with van der Waals surface area (Å²) in [7, 11) is 0. The first-order chi connectivity index (χ1) is 12.0. The fourth-order valence-corrected chi connectivity index (χ4v) is 3.27. The topological polar surface area (TPSA) is 52.6 Å². The molecule has 4 nitrogen and oxygen atoms in total. The summed E-state index contributed by atoms with van der Waals surface area (Å²) in [6.07, 6.45) is 1.71. The molecule has 0 amide bonds. The van der Waals surface area contributed by atoms with E-state index >= 15 is 0 Å². The van der Waals surface area contributed by atoms with Crippen molar-refractivity contribution < 1.29 is 19.1 Å². The van der Waals surface area contributed by atoms with Crippen molar-refractivity contribution in [2.75, 3.05) is 0 Å². The van der Waals surface area contributed by atoms with Crippen LogP contribution in [0, 0.1) is 0 Å². The lowest BCUT2D eigenvalue weighted by atomic mass is 9.99. The van der Waals surface area contributed by atoms with Crippen LogP contribution in [0.25, 0.3) is 11.1 Å². The standard InChI is InChI=1S/C21H20O4/c1-4-19-20-10-9-18(25-14(3)23)11-16(20)12-21(19)15-5-7-17(8-6-15)24-13(2)22/h5-11H,4,12H2,1-3H3. The summed E-state index contributed by atoms with van der Waals surface area (Å²) in [5.74, 6) is 0.478. The number of rotatable bonds is 4. The fraction of sp³-hybridized carbons (Fsp3) is 0.238. The molecule has 25 heavy (non-hydrogen) atoms. The van der Waals surface area contributed by atoms with Crippen molar-refractivity contribution >= 4 is 23.1 Å². The molecule has 0 heterocycles. The zero-order valence-corrected chi connectivity index (χ0v) is 14.6. The van der Waals surface area contributed by atoms with Gasteiger partial charge in [-0.25, -0.2) is 0 Å². The van der Waals surface area contributed by atoms with Gasteiger partial charge in [0.2, 0.25) is 0 Å². The van der Waals surface area contributed by atoms with E-state index in [0.29, 0.717) is 11.5 Å². The average Bonchev–Trinajstić information content (AvgIpc) is 2.92. The molecular weight excluding hydrogens is 316 g/mol. The molecule has 2 aromatic rings. The molecular formula is C21H20O4. The number of carbonyl (C=O) groups excluding carboxylic acids is 2. The summed E-state index contributed by atoms with van der Waals surface area (Å²) in [5.41, 5.74) is 6.03. The van der Waals surface area contributed by atoms with E-state index < -0.39 is 0 Å². The number of hydrogen-bond donors (Lipinski definition) is 0. The van der Waals surface area contributed by atoms with E-state index in [4.69, 9.17) is 9.47 Å². The highest BCUT2D eigenvalue weighted by atomic mass is 16.5. The van der Waals surface area contributed by atoms with Gasteiger partial charge in [0.1, 0.15) is 11.5 Å². The Morgan fingerprint density at radius 2 is 1.52 bits per heavy atom. The van der Waals surface area contributed by atoms with Crippen LogP contribution in [-0.4, -0.2) is 11.9 Å². The number of esters is 2. The van der Waals surface area contributed by atoms with Gasteiger partial charge in [-0.3, -0.25) is 9.59 Å². The Morgan fingerprint density at radius 1 is 0.920 bits per heavy atom. The molecule has 128 valence electrons. The van der Waals surface area contributed by atoms with Crippen LogP contribution in [0.4, 0.5) is 0 Å². The Bertz CT molecular complexity index is 860. The van der Waals surface area contributed by atoms with Gasteiger partial charge in [-0.05, 0) is 64.9 Å². The molecule has 0 unspecified atom stereocenters. The molecule has 1 aliphatic carbocycles. The highest BCUT2D eigenvalue weighted by molar-refractivity contribution is 5.97. The Kier molecular flexibility index (Phi) is 4.70. The van der Waals surface area contributed by atoms with Crippen LogP contribution in [0.1, 0.15) is 43.9 Å². The molecule has 0 spiro atoms. The van der Waals surface area contributed by atoms with Gasteiger partial charge in [-0.2, -0.15) is 0 Å². The van der Waals surface area contributed by atoms with Crippen LogP contribution >= 0.6 is 0 Å². The molecule has 0 aliphatic heterocycles. The quantitative estimate of drug-likeness (QED) is 0.613. The highest BCUT2D eigenvalue weighted by Gasteiger charge is 2.22. The SMILES string of the molecule is CCC1=C(c2ccc(OC(C)=O)cc2)Cc2cc(OC(C)=O)ccc21. The molecule has 0 aromatic heterocycles. The third-order valence-electron chi connectivity index (χ3n) is 4.21. The van der Waals surface area contributed by atoms with Gasteiger partial charge < -0.3 is 9.47 Å². The molecule has 2 aromatic carbocycles. The molecule has 4 heteroatoms. The summed E-state index contributed by atoms with van der Waals surface area (Å²) in [4.78, 5) is 22.2. The van der Waals surface area contributed by atoms with Crippen molar-refractivity contribution in [3.63, 3.8) is 0 Å². The predicted molar refractivity (Wildman–Crippen MR) is 96.3 cm³/mol. The van der Waals surface area contributed by atoms with E-state index in [9.17, 15) is 9.59 Å². The molecule has 0 saturated carbocycles. The average molecular weight is 336 g/mol. The maximum atomic E-state index is 11.2. The molecule has 1 aliphatic rings. The number of fused-ring (bicyclic) bond motifs is 1. The summed E-state index contributed by atoms with van der Waals surface area (Å²) in [6, 6.07) is 13.4. The number of allylic oxidation sites excluding steroid dienone is 2. The van der Waals surface area contributed by atoms with Crippen LogP contribution in [0.5, 0.6) is 11.5 Å². The van der Waals surface area contributed by atoms with Crippen LogP contribution in [-0.2, 0) is 16.0 Å². The van der Waals surface area contributed by atoms with E-state index in [2.05, 4.69) is 6.92 Å². The molecule has 0 fully saturated rings. The lowest BCUT2D eigenvalue weighted by molar-refractivity contribution is -0.132. The molecule has 0 radical (unpaired) electrons. The van der Waals surface area contributed by atoms with Gasteiger partial charge in [-0.15, -0.1) is 0 Å². The van der Waals surface area contributed by atoms with Crippen molar-refractivity contribution in [1.82, 2.24) is 0 Å². The number of benzene rings is 2. The zero-order valence-electron chi connectivity index (χ0n) is 14.6. The minimum Gasteiger partial charge on any atom is -0.427 e. The Labute approximate surface area is 147 Å². The van der Waals surface area contributed by atoms with E-state index in [1.54, 1.807) is 0 Å². The predicted octanol–water partition coefficient (Wildman–Crippen LogP) is 4.41. The molecule has 0 atom stereocenters. The van der Waals surface area contributed by atoms with Crippen LogP contribution < -0.4 is 9.47 Å². The maximum absolute atomic E-state index is 11.2. The summed E-state index contributed by atoms with van der Waals surface area (Å²) >= 11 is 0. The number of hydrogen-bond acceptors (Lipinski definition) is 4. The van der Waals surface area contributed by atoms with Crippen molar-refractivity contribution in [2.45, 2.75) is 33.6 Å². The second-order valence-electron chi connectivity index (χ2n) is 6.02. The van der Waals surface area contributed by atoms with Crippen molar-refractivity contribution in [3.8, 4) is 11.5 Å². The van der Waals surface area contributed by atoms with Gasteiger partial charge in [0, 0.05) is 13.8 Å². The minimum absolute atomic E-state index is 0.317. The lowest BCUT2D eigenvalue weighted by Gasteiger charge is -2.08. The molecule has 3 rings (SSSR count). The normalized spacial score (nSPS) is 12.8. The van der Waals surface area contributed by atoms with E-state index in [1.807, 2.05) is 42.5 Å². The third-order valence-corrected chi connectivity index (χ3v) is 4.21. The maximum Gasteiger partial charge on any atom is 0.308 e. The first-order valence-corrected chi connectivity index (χ1v) is 8.30. The van der Waals surface area contributed by atoms with E-state index in [1.165, 1.54) is 30.6 Å². The van der Waals surface area contributed by atoms with Crippen molar-refractivity contribution in [3.05, 3.63) is 59.2 Å². The monoisotopic (exact) mass is 336 g/mol. The van der Waals surface area contributed by atoms with Crippen LogP contribution in [0.2, 0.25) is 0 Å². The first-order valence-electron chi connectivity index (χ1n) is 8.30. The van der Waals surface area contributed by atoms with E-state index in [-0.39, 0.29) is 11.9 Å². The molecule has 0 N–H and O–H groups in total. The Balaban J connectivity index is 1.91. The zero-order chi connectivity index (χ0) is 18.0. The van der Waals surface area contributed by atoms with Crippen LogP contribution in [0.3, 0.4) is 0 Å². The fourth-order valence-electron chi connectivity index (χ4n) is 3.27. The third kappa shape index (κ3) is 3.63. The van der Waals surface area contributed by atoms with Gasteiger partial charge in [0.25, 0.3) is 0 Å². The Hall–Kier alpha value is -2.88. The summed E-state index contributed by atoms with van der Waals surface area (Å²) in [5, 5.41) is 0. The molecule has 0 bridgehead atoms. The van der Waals surface area contributed by atoms with Crippen LogP contribution in [0.15, 0.2) is 42.5 Å². The number of carbonyl (C=O) groups is 2. The van der Waals surface area contributed by atoms with E-state index in [0.717, 1.165) is 24.0 Å². The second kappa shape index (κ2) is 6.93. The smallest absolute Gasteiger partial charge is 0.308 e. The largest absolute Gasteiger partial charge is 0.427 e. The van der Waals surface area contributed by atoms with Gasteiger partial charge >= 0.3 is 11.9 Å². The molecule has 0 saturated heterocycles. The van der Waals surface area contributed by atoms with Crippen molar-refractivity contribution in [2.24, 2.45) is 0 Å². The summed E-state index contributed by atoms with van der Waals surface area (Å²) in [6.45, 7) is 4.93.